The van der Waals surface area contributed by atoms with E-state index >= 15 is 0 Å². The van der Waals surface area contributed by atoms with Gasteiger partial charge in [-0.1, -0.05) is 18.5 Å². The first-order valence-electron chi connectivity index (χ1n) is 7.63. The summed E-state index contributed by atoms with van der Waals surface area (Å²) in [4.78, 5) is 16.6. The molecule has 1 aliphatic rings. The minimum atomic E-state index is -0.286. The van der Waals surface area contributed by atoms with Crippen LogP contribution >= 0.6 is 0 Å². The molecule has 1 unspecified atom stereocenters. The van der Waals surface area contributed by atoms with Crippen LogP contribution in [-0.2, 0) is 24.2 Å². The zero-order valence-corrected chi connectivity index (χ0v) is 12.5. The first kappa shape index (κ1) is 14.6. The van der Waals surface area contributed by atoms with Crippen molar-refractivity contribution in [3.05, 3.63) is 17.5 Å². The Balaban J connectivity index is 1.56. The number of tetrazole rings is 1. The van der Waals surface area contributed by atoms with Crippen LogP contribution in [0.15, 0.2) is 4.52 Å². The summed E-state index contributed by atoms with van der Waals surface area (Å²) < 4.78 is 6.82. The van der Waals surface area contributed by atoms with Crippen molar-refractivity contribution >= 4 is 5.91 Å². The van der Waals surface area contributed by atoms with Crippen molar-refractivity contribution in [2.45, 2.75) is 51.5 Å². The number of rotatable bonds is 5. The number of hydrogen-bond acceptors (Lipinski definition) is 7. The number of nitrogens with one attached hydrogen (secondary N) is 1. The fraction of sp³-hybridized carbons (Fsp3) is 0.692. The summed E-state index contributed by atoms with van der Waals surface area (Å²) in [6.45, 7) is 3.20. The van der Waals surface area contributed by atoms with Crippen molar-refractivity contribution in [2.24, 2.45) is 0 Å². The number of carbonyl (C=O) groups excluding carboxylic acids is 1. The highest BCUT2D eigenvalue weighted by molar-refractivity contribution is 5.82. The van der Waals surface area contributed by atoms with Crippen LogP contribution < -0.4 is 5.32 Å². The van der Waals surface area contributed by atoms with Crippen molar-refractivity contribution in [2.75, 3.05) is 6.54 Å². The zero-order valence-electron chi connectivity index (χ0n) is 12.5. The van der Waals surface area contributed by atoms with Crippen molar-refractivity contribution in [1.82, 2.24) is 35.7 Å². The Morgan fingerprint density at radius 3 is 3.18 bits per heavy atom. The number of aromatic nitrogens is 6. The molecule has 1 atom stereocenters. The van der Waals surface area contributed by atoms with Gasteiger partial charge in [-0.2, -0.15) is 4.98 Å². The van der Waals surface area contributed by atoms with Gasteiger partial charge in [-0.25, -0.2) is 4.68 Å². The predicted octanol–water partition coefficient (Wildman–Crippen LogP) is 0.245. The van der Waals surface area contributed by atoms with Crippen LogP contribution in [0.25, 0.3) is 0 Å². The Hall–Kier alpha value is -2.32. The Kier molecular flexibility index (Phi) is 4.40. The maximum absolute atomic E-state index is 12.4. The monoisotopic (exact) mass is 305 g/mol. The van der Waals surface area contributed by atoms with Crippen molar-refractivity contribution in [3.8, 4) is 0 Å². The van der Waals surface area contributed by atoms with E-state index in [4.69, 9.17) is 4.52 Å². The molecular weight excluding hydrogens is 286 g/mol. The second-order valence-electron chi connectivity index (χ2n) is 5.31. The maximum atomic E-state index is 12.4. The second-order valence-corrected chi connectivity index (χ2v) is 5.31. The number of nitrogens with zero attached hydrogens (tertiary/aromatic N) is 6. The molecule has 0 saturated heterocycles. The maximum Gasteiger partial charge on any atom is 0.230 e. The molecule has 2 aromatic heterocycles. The van der Waals surface area contributed by atoms with Gasteiger partial charge in [0.2, 0.25) is 11.8 Å². The van der Waals surface area contributed by atoms with Crippen LogP contribution in [0.1, 0.15) is 49.6 Å². The lowest BCUT2D eigenvalue weighted by Gasteiger charge is -2.12. The van der Waals surface area contributed by atoms with Gasteiger partial charge in [0.15, 0.2) is 11.6 Å². The predicted molar refractivity (Wildman–Crippen MR) is 74.8 cm³/mol. The molecular formula is C13H19N7O2. The summed E-state index contributed by atoms with van der Waals surface area (Å²) in [5, 5.41) is 18.3. The third kappa shape index (κ3) is 3.12. The molecule has 0 radical (unpaired) electrons. The van der Waals surface area contributed by atoms with E-state index in [1.54, 1.807) is 4.68 Å². The number of hydrogen-bond donors (Lipinski definition) is 1. The number of carbonyl (C=O) groups is 1. The Bertz CT molecular complexity index is 636. The molecule has 0 fully saturated rings. The smallest absolute Gasteiger partial charge is 0.230 e. The lowest BCUT2D eigenvalue weighted by Crippen LogP contribution is -2.32. The van der Waals surface area contributed by atoms with Crippen LogP contribution in [0.4, 0.5) is 0 Å². The highest BCUT2D eigenvalue weighted by Gasteiger charge is 2.28. The molecule has 1 amide bonds. The average molecular weight is 305 g/mol. The quantitative estimate of drug-likeness (QED) is 0.842. The third-order valence-corrected chi connectivity index (χ3v) is 3.76. The van der Waals surface area contributed by atoms with Gasteiger partial charge >= 0.3 is 0 Å². The van der Waals surface area contributed by atoms with E-state index < -0.39 is 0 Å². The Morgan fingerprint density at radius 2 is 2.36 bits per heavy atom. The summed E-state index contributed by atoms with van der Waals surface area (Å²) in [6, 6.07) is 0. The van der Waals surface area contributed by atoms with Gasteiger partial charge in [0.05, 0.1) is 5.92 Å². The first-order valence-corrected chi connectivity index (χ1v) is 7.63. The van der Waals surface area contributed by atoms with E-state index in [1.165, 1.54) is 0 Å². The molecule has 9 nitrogen and oxygen atoms in total. The molecule has 1 aliphatic heterocycles. The molecule has 2 aromatic rings. The van der Waals surface area contributed by atoms with Crippen molar-refractivity contribution in [3.63, 3.8) is 0 Å². The van der Waals surface area contributed by atoms with Crippen molar-refractivity contribution in [1.29, 1.82) is 0 Å². The van der Waals surface area contributed by atoms with E-state index in [0.29, 0.717) is 30.5 Å². The zero-order chi connectivity index (χ0) is 15.4. The fourth-order valence-electron chi connectivity index (χ4n) is 2.56. The molecule has 3 rings (SSSR count). The molecule has 9 heteroatoms. The van der Waals surface area contributed by atoms with E-state index in [0.717, 1.165) is 32.2 Å². The topological polar surface area (TPSA) is 112 Å². The Labute approximate surface area is 127 Å². The normalized spacial score (nSPS) is 17.8. The second kappa shape index (κ2) is 6.63. The SMILES string of the molecule is CCc1noc(CCNC(=O)C2CCCCn3nnnc32)n1. The van der Waals surface area contributed by atoms with Gasteiger partial charge in [-0.05, 0) is 23.3 Å². The van der Waals surface area contributed by atoms with Crippen LogP contribution in [0.3, 0.4) is 0 Å². The largest absolute Gasteiger partial charge is 0.355 e. The van der Waals surface area contributed by atoms with Gasteiger partial charge in [0.1, 0.15) is 0 Å². The average Bonchev–Trinajstić information content (AvgIpc) is 3.13. The van der Waals surface area contributed by atoms with E-state index in [-0.39, 0.29) is 11.8 Å². The van der Waals surface area contributed by atoms with Crippen LogP contribution in [-0.4, -0.2) is 42.8 Å². The van der Waals surface area contributed by atoms with Gasteiger partial charge in [-0.3, -0.25) is 4.79 Å². The molecule has 3 heterocycles. The summed E-state index contributed by atoms with van der Waals surface area (Å²) >= 11 is 0. The van der Waals surface area contributed by atoms with Crippen LogP contribution in [0, 0.1) is 0 Å². The summed E-state index contributed by atoms with van der Waals surface area (Å²) in [7, 11) is 0. The number of fused-ring (bicyclic) bond motifs is 1. The molecule has 22 heavy (non-hydrogen) atoms. The highest BCUT2D eigenvalue weighted by atomic mass is 16.5. The minimum absolute atomic E-state index is 0.0480. The standard InChI is InChI=1S/C13H19N7O2/c1-2-10-15-11(22-17-10)6-7-14-13(21)9-5-3-4-8-20-12(9)16-18-19-20/h9H,2-8H2,1H3,(H,14,21). The molecule has 0 saturated carbocycles. The summed E-state index contributed by atoms with van der Waals surface area (Å²) in [5.74, 6) is 1.55. The van der Waals surface area contributed by atoms with Gasteiger partial charge in [-0.15, -0.1) is 5.10 Å². The van der Waals surface area contributed by atoms with Gasteiger partial charge in [0.25, 0.3) is 0 Å². The van der Waals surface area contributed by atoms with Gasteiger partial charge in [0, 0.05) is 25.9 Å². The highest BCUT2D eigenvalue weighted by Crippen LogP contribution is 2.23. The lowest BCUT2D eigenvalue weighted by molar-refractivity contribution is -0.122. The molecule has 118 valence electrons. The van der Waals surface area contributed by atoms with E-state index in [1.807, 2.05) is 6.92 Å². The fourth-order valence-corrected chi connectivity index (χ4v) is 2.56. The lowest BCUT2D eigenvalue weighted by atomic mass is 10.0. The van der Waals surface area contributed by atoms with E-state index in [2.05, 4.69) is 31.0 Å². The number of amides is 1. The Morgan fingerprint density at radius 1 is 1.45 bits per heavy atom. The van der Waals surface area contributed by atoms with Crippen LogP contribution in [0.2, 0.25) is 0 Å². The minimum Gasteiger partial charge on any atom is -0.355 e. The third-order valence-electron chi connectivity index (χ3n) is 3.76. The summed E-state index contributed by atoms with van der Waals surface area (Å²) in [5.41, 5.74) is 0. The summed E-state index contributed by atoms with van der Waals surface area (Å²) in [6.07, 6.45) is 4.00. The van der Waals surface area contributed by atoms with Gasteiger partial charge < -0.3 is 9.84 Å². The molecule has 0 spiro atoms. The van der Waals surface area contributed by atoms with E-state index in [9.17, 15) is 4.79 Å². The number of aryl methyl sites for hydroxylation is 2. The molecule has 1 N–H and O–H groups in total. The first-order chi connectivity index (χ1) is 10.8. The van der Waals surface area contributed by atoms with Crippen molar-refractivity contribution < 1.29 is 9.32 Å². The molecule has 0 bridgehead atoms. The molecule has 0 aliphatic carbocycles. The van der Waals surface area contributed by atoms with Crippen LogP contribution in [0.5, 0.6) is 0 Å². The molecule has 0 aromatic carbocycles.